The average Bonchev–Trinajstić information content (AvgIpc) is 3.00. The second kappa shape index (κ2) is 7.02. The summed E-state index contributed by atoms with van der Waals surface area (Å²) in [5.74, 6) is 0.274. The van der Waals surface area contributed by atoms with Crippen LogP contribution in [0.15, 0.2) is 24.3 Å². The van der Waals surface area contributed by atoms with Crippen LogP contribution in [0.2, 0.25) is 0 Å². The van der Waals surface area contributed by atoms with Crippen molar-refractivity contribution in [2.75, 3.05) is 19.8 Å². The highest BCUT2D eigenvalue weighted by Gasteiger charge is 2.37. The number of nitrogens with one attached hydrogen (secondary N) is 1. The zero-order chi connectivity index (χ0) is 16.3. The Morgan fingerprint density at radius 1 is 1.30 bits per heavy atom. The maximum Gasteiger partial charge on any atom is 0.223 e. The lowest BCUT2D eigenvalue weighted by atomic mass is 9.72. The normalized spacial score (nSPS) is 26.9. The molecular weight excluding hydrogens is 288 g/mol. The van der Waals surface area contributed by atoms with Crippen molar-refractivity contribution in [2.45, 2.75) is 50.5 Å². The Morgan fingerprint density at radius 3 is 2.70 bits per heavy atom. The molecule has 0 aromatic heterocycles. The average molecular weight is 316 g/mol. The van der Waals surface area contributed by atoms with Gasteiger partial charge in [0.05, 0.1) is 0 Å². The van der Waals surface area contributed by atoms with E-state index in [-0.39, 0.29) is 23.3 Å². The predicted molar refractivity (Wildman–Crippen MR) is 91.2 cm³/mol. The number of hydrogen-bond donors (Lipinski definition) is 2. The minimum Gasteiger partial charge on any atom is -0.381 e. The maximum absolute atomic E-state index is 12.5. The van der Waals surface area contributed by atoms with Crippen LogP contribution in [-0.2, 0) is 14.9 Å². The lowest BCUT2D eigenvalue weighted by Gasteiger charge is -2.39. The first-order valence-electron chi connectivity index (χ1n) is 8.78. The lowest BCUT2D eigenvalue weighted by molar-refractivity contribution is -0.125. The van der Waals surface area contributed by atoms with Crippen molar-refractivity contribution >= 4 is 5.91 Å². The summed E-state index contributed by atoms with van der Waals surface area (Å²) in [4.78, 5) is 12.5. The summed E-state index contributed by atoms with van der Waals surface area (Å²) in [7, 11) is 0. The highest BCUT2D eigenvalue weighted by Crippen LogP contribution is 2.36. The van der Waals surface area contributed by atoms with Gasteiger partial charge in [-0.25, -0.2) is 0 Å². The number of benzene rings is 1. The Labute approximate surface area is 138 Å². The Kier molecular flexibility index (Phi) is 5.02. The molecule has 1 aliphatic heterocycles. The fraction of sp³-hybridized carbons (Fsp3) is 0.632. The second-order valence-electron chi connectivity index (χ2n) is 7.20. The van der Waals surface area contributed by atoms with Crippen LogP contribution in [0.4, 0.5) is 0 Å². The minimum atomic E-state index is -0.0000261. The predicted octanol–water partition coefficient (Wildman–Crippen LogP) is 2.29. The van der Waals surface area contributed by atoms with Crippen LogP contribution < -0.4 is 11.1 Å². The van der Waals surface area contributed by atoms with Crippen molar-refractivity contribution in [3.63, 3.8) is 0 Å². The van der Waals surface area contributed by atoms with Gasteiger partial charge in [-0.1, -0.05) is 24.3 Å². The van der Waals surface area contributed by atoms with Gasteiger partial charge in [-0.15, -0.1) is 0 Å². The molecule has 2 atom stereocenters. The molecule has 2 aliphatic rings. The molecule has 0 spiro atoms. The first kappa shape index (κ1) is 16.5. The third-order valence-electron chi connectivity index (χ3n) is 5.61. The van der Waals surface area contributed by atoms with E-state index in [1.54, 1.807) is 0 Å². The molecule has 0 radical (unpaired) electrons. The molecule has 1 aromatic carbocycles. The van der Waals surface area contributed by atoms with E-state index in [9.17, 15) is 4.79 Å². The molecule has 1 aliphatic carbocycles. The van der Waals surface area contributed by atoms with Crippen molar-refractivity contribution in [3.05, 3.63) is 35.4 Å². The van der Waals surface area contributed by atoms with E-state index < -0.39 is 0 Å². The van der Waals surface area contributed by atoms with E-state index in [0.29, 0.717) is 6.54 Å². The summed E-state index contributed by atoms with van der Waals surface area (Å²) in [5.41, 5.74) is 8.59. The molecular formula is C19H28N2O2. The highest BCUT2D eigenvalue weighted by molar-refractivity contribution is 5.79. The Balaban J connectivity index is 1.72. The van der Waals surface area contributed by atoms with E-state index >= 15 is 0 Å². The molecule has 1 aromatic rings. The Hall–Kier alpha value is -1.39. The quantitative estimate of drug-likeness (QED) is 0.896. The van der Waals surface area contributed by atoms with Crippen LogP contribution >= 0.6 is 0 Å². The van der Waals surface area contributed by atoms with E-state index in [0.717, 1.165) is 45.3 Å². The van der Waals surface area contributed by atoms with E-state index in [1.165, 1.54) is 11.1 Å². The number of ether oxygens (including phenoxy) is 1. The van der Waals surface area contributed by atoms with Crippen LogP contribution in [0.25, 0.3) is 0 Å². The molecule has 1 saturated heterocycles. The first-order valence-corrected chi connectivity index (χ1v) is 8.78. The smallest absolute Gasteiger partial charge is 0.223 e. The van der Waals surface area contributed by atoms with Gasteiger partial charge in [0, 0.05) is 37.1 Å². The van der Waals surface area contributed by atoms with Crippen molar-refractivity contribution < 1.29 is 9.53 Å². The number of carbonyl (C=O) groups is 1. The topological polar surface area (TPSA) is 64.4 Å². The second-order valence-corrected chi connectivity index (χ2v) is 7.20. The molecule has 2 unspecified atom stereocenters. The Morgan fingerprint density at radius 2 is 2.04 bits per heavy atom. The van der Waals surface area contributed by atoms with Gasteiger partial charge in [0.1, 0.15) is 0 Å². The molecule has 4 nitrogen and oxygen atoms in total. The van der Waals surface area contributed by atoms with Crippen molar-refractivity contribution in [2.24, 2.45) is 11.7 Å². The highest BCUT2D eigenvalue weighted by atomic mass is 16.5. The van der Waals surface area contributed by atoms with Crippen molar-refractivity contribution in [3.8, 4) is 0 Å². The standard InChI is InChI=1S/C19H28N2O2/c1-14-4-2-3-5-17(14)19(8-10-23-11-9-19)13-21-18(22)15-6-7-16(20)12-15/h2-5,15-16H,6-13,20H2,1H3,(H,21,22). The van der Waals surface area contributed by atoms with Crippen LogP contribution in [0.3, 0.4) is 0 Å². The van der Waals surface area contributed by atoms with Crippen molar-refractivity contribution in [1.82, 2.24) is 5.32 Å². The van der Waals surface area contributed by atoms with E-state index in [2.05, 4.69) is 36.5 Å². The molecule has 2 fully saturated rings. The molecule has 4 heteroatoms. The SMILES string of the molecule is Cc1ccccc1C1(CNC(=O)C2CCC(N)C2)CCOCC1. The minimum absolute atomic E-state index is 0.0000261. The van der Waals surface area contributed by atoms with Crippen molar-refractivity contribution in [1.29, 1.82) is 0 Å². The van der Waals surface area contributed by atoms with Gasteiger partial charge in [-0.3, -0.25) is 4.79 Å². The molecule has 1 heterocycles. The molecule has 1 amide bonds. The number of rotatable bonds is 4. The molecule has 1 saturated carbocycles. The maximum atomic E-state index is 12.5. The molecule has 23 heavy (non-hydrogen) atoms. The van der Waals surface area contributed by atoms with Gasteiger partial charge in [0.15, 0.2) is 0 Å². The molecule has 0 bridgehead atoms. The van der Waals surface area contributed by atoms with Gasteiger partial charge >= 0.3 is 0 Å². The summed E-state index contributed by atoms with van der Waals surface area (Å²) in [6.07, 6.45) is 4.64. The fourth-order valence-electron chi connectivity index (χ4n) is 4.13. The van der Waals surface area contributed by atoms with E-state index in [1.807, 2.05) is 0 Å². The van der Waals surface area contributed by atoms with Crippen LogP contribution in [0.5, 0.6) is 0 Å². The number of amides is 1. The zero-order valence-electron chi connectivity index (χ0n) is 14.0. The first-order chi connectivity index (χ1) is 11.1. The summed E-state index contributed by atoms with van der Waals surface area (Å²) in [5, 5.41) is 3.23. The van der Waals surface area contributed by atoms with Gasteiger partial charge in [0.2, 0.25) is 5.91 Å². The van der Waals surface area contributed by atoms with Gasteiger partial charge in [0.25, 0.3) is 0 Å². The lowest BCUT2D eigenvalue weighted by Crippen LogP contribution is -2.46. The zero-order valence-corrected chi connectivity index (χ0v) is 14.0. The number of nitrogens with two attached hydrogens (primary N) is 1. The molecule has 3 rings (SSSR count). The van der Waals surface area contributed by atoms with Crippen LogP contribution in [0, 0.1) is 12.8 Å². The summed E-state index contributed by atoms with van der Waals surface area (Å²) in [6, 6.07) is 8.73. The van der Waals surface area contributed by atoms with Gasteiger partial charge in [-0.05, 0) is 50.2 Å². The number of aryl methyl sites for hydroxylation is 1. The fourth-order valence-corrected chi connectivity index (χ4v) is 4.13. The van der Waals surface area contributed by atoms with Gasteiger partial charge < -0.3 is 15.8 Å². The van der Waals surface area contributed by atoms with Crippen LogP contribution in [-0.4, -0.2) is 31.7 Å². The largest absolute Gasteiger partial charge is 0.381 e. The van der Waals surface area contributed by atoms with Gasteiger partial charge in [-0.2, -0.15) is 0 Å². The summed E-state index contributed by atoms with van der Waals surface area (Å²) in [6.45, 7) is 4.38. The van der Waals surface area contributed by atoms with E-state index in [4.69, 9.17) is 10.5 Å². The summed E-state index contributed by atoms with van der Waals surface area (Å²) >= 11 is 0. The molecule has 3 N–H and O–H groups in total. The summed E-state index contributed by atoms with van der Waals surface area (Å²) < 4.78 is 5.58. The third kappa shape index (κ3) is 3.59. The molecule has 126 valence electrons. The van der Waals surface area contributed by atoms with Crippen LogP contribution in [0.1, 0.15) is 43.2 Å². The Bertz CT molecular complexity index is 552. The third-order valence-corrected chi connectivity index (χ3v) is 5.61. The number of carbonyl (C=O) groups excluding carboxylic acids is 1. The monoisotopic (exact) mass is 316 g/mol. The number of hydrogen-bond acceptors (Lipinski definition) is 3.